The van der Waals surface area contributed by atoms with Crippen LogP contribution in [-0.4, -0.2) is 16.4 Å². The van der Waals surface area contributed by atoms with E-state index in [-0.39, 0.29) is 0 Å². The molecule has 1 aliphatic carbocycles. The van der Waals surface area contributed by atoms with Crippen molar-refractivity contribution in [3.63, 3.8) is 0 Å². The quantitative estimate of drug-likeness (QED) is 0.792. The average molecular weight is 197 g/mol. The van der Waals surface area contributed by atoms with Crippen molar-refractivity contribution in [2.45, 2.75) is 38.0 Å². The van der Waals surface area contributed by atoms with Gasteiger partial charge in [-0.1, -0.05) is 19.3 Å². The van der Waals surface area contributed by atoms with Gasteiger partial charge in [0, 0.05) is 24.5 Å². The summed E-state index contributed by atoms with van der Waals surface area (Å²) in [5, 5.41) is 3.98. The molecule has 0 spiro atoms. The van der Waals surface area contributed by atoms with Gasteiger partial charge >= 0.3 is 0 Å². The van der Waals surface area contributed by atoms with E-state index in [1.807, 2.05) is 7.05 Å². The minimum atomic E-state index is 0.632. The minimum Gasteiger partial charge on any atom is -0.363 e. The highest BCUT2D eigenvalue weighted by molar-refractivity contribution is 7.09. The molecule has 0 unspecified atom stereocenters. The molecule has 0 saturated heterocycles. The van der Waals surface area contributed by atoms with Gasteiger partial charge in [0.25, 0.3) is 0 Å². The molecule has 1 N–H and O–H groups in total. The predicted molar refractivity (Wildman–Crippen MR) is 55.3 cm³/mol. The summed E-state index contributed by atoms with van der Waals surface area (Å²) in [6.45, 7) is 0. The molecule has 1 aromatic rings. The van der Waals surface area contributed by atoms with Crippen LogP contribution in [0.1, 0.15) is 43.8 Å². The van der Waals surface area contributed by atoms with E-state index in [0.29, 0.717) is 5.92 Å². The zero-order valence-electron chi connectivity index (χ0n) is 7.92. The summed E-state index contributed by atoms with van der Waals surface area (Å²) in [5.41, 5.74) is 0. The summed E-state index contributed by atoms with van der Waals surface area (Å²) in [6, 6.07) is 0. The highest BCUT2D eigenvalue weighted by Crippen LogP contribution is 2.32. The number of hydrogen-bond acceptors (Lipinski definition) is 4. The smallest absolute Gasteiger partial charge is 0.202 e. The molecule has 1 aliphatic rings. The maximum atomic E-state index is 4.45. The van der Waals surface area contributed by atoms with Crippen LogP contribution in [-0.2, 0) is 0 Å². The molecule has 1 saturated carbocycles. The molecule has 0 amide bonds. The van der Waals surface area contributed by atoms with Crippen molar-refractivity contribution in [2.24, 2.45) is 0 Å². The second-order valence-electron chi connectivity index (χ2n) is 3.54. The zero-order valence-corrected chi connectivity index (χ0v) is 8.73. The van der Waals surface area contributed by atoms with Crippen LogP contribution in [0.4, 0.5) is 5.13 Å². The van der Waals surface area contributed by atoms with Crippen molar-refractivity contribution in [3.8, 4) is 0 Å². The lowest BCUT2D eigenvalue weighted by molar-refractivity contribution is 0.432. The Morgan fingerprint density at radius 1 is 1.31 bits per heavy atom. The third-order valence-electron chi connectivity index (χ3n) is 2.63. The lowest BCUT2D eigenvalue weighted by atomic mass is 9.89. The van der Waals surface area contributed by atoms with Gasteiger partial charge in [0.05, 0.1) is 0 Å². The van der Waals surface area contributed by atoms with Gasteiger partial charge in [0.2, 0.25) is 5.13 Å². The largest absolute Gasteiger partial charge is 0.363 e. The van der Waals surface area contributed by atoms with Crippen molar-refractivity contribution in [1.82, 2.24) is 9.36 Å². The molecule has 1 heterocycles. The van der Waals surface area contributed by atoms with E-state index >= 15 is 0 Å². The topological polar surface area (TPSA) is 37.8 Å². The summed E-state index contributed by atoms with van der Waals surface area (Å²) in [4.78, 5) is 4.45. The monoisotopic (exact) mass is 197 g/mol. The molecule has 0 bridgehead atoms. The fraction of sp³-hybridized carbons (Fsp3) is 0.778. The Labute approximate surface area is 82.8 Å². The SMILES string of the molecule is CNc1nc(C2CCCCC2)ns1. The van der Waals surface area contributed by atoms with Crippen molar-refractivity contribution in [2.75, 3.05) is 12.4 Å². The van der Waals surface area contributed by atoms with E-state index in [0.717, 1.165) is 11.0 Å². The van der Waals surface area contributed by atoms with Gasteiger partial charge in [-0.3, -0.25) is 0 Å². The first kappa shape index (κ1) is 8.94. The van der Waals surface area contributed by atoms with Gasteiger partial charge in [-0.05, 0) is 12.8 Å². The maximum Gasteiger partial charge on any atom is 0.202 e. The highest BCUT2D eigenvalue weighted by atomic mass is 32.1. The van der Waals surface area contributed by atoms with Gasteiger partial charge in [-0.15, -0.1) is 0 Å². The fourth-order valence-electron chi connectivity index (χ4n) is 1.86. The van der Waals surface area contributed by atoms with Gasteiger partial charge in [-0.2, -0.15) is 4.37 Å². The van der Waals surface area contributed by atoms with Gasteiger partial charge in [0.1, 0.15) is 5.82 Å². The third-order valence-corrected chi connectivity index (χ3v) is 3.37. The van der Waals surface area contributed by atoms with E-state index < -0.39 is 0 Å². The summed E-state index contributed by atoms with van der Waals surface area (Å²) in [5.74, 6) is 1.70. The van der Waals surface area contributed by atoms with E-state index in [1.165, 1.54) is 43.6 Å². The molecule has 0 atom stereocenters. The Morgan fingerprint density at radius 3 is 2.69 bits per heavy atom. The van der Waals surface area contributed by atoms with Gasteiger partial charge in [-0.25, -0.2) is 4.98 Å². The molecular formula is C9H15N3S. The summed E-state index contributed by atoms with van der Waals surface area (Å²) >= 11 is 1.47. The molecule has 72 valence electrons. The number of nitrogens with zero attached hydrogens (tertiary/aromatic N) is 2. The summed E-state index contributed by atoms with van der Waals surface area (Å²) in [7, 11) is 1.89. The Balaban J connectivity index is 2.05. The Hall–Kier alpha value is -0.640. The van der Waals surface area contributed by atoms with E-state index in [4.69, 9.17) is 0 Å². The van der Waals surface area contributed by atoms with E-state index in [9.17, 15) is 0 Å². The molecule has 0 aliphatic heterocycles. The molecular weight excluding hydrogens is 182 g/mol. The molecule has 1 aromatic heterocycles. The first-order valence-electron chi connectivity index (χ1n) is 4.91. The van der Waals surface area contributed by atoms with Crippen molar-refractivity contribution >= 4 is 16.7 Å². The van der Waals surface area contributed by atoms with Crippen LogP contribution in [0.3, 0.4) is 0 Å². The zero-order chi connectivity index (χ0) is 9.10. The fourth-order valence-corrected chi connectivity index (χ4v) is 2.46. The molecule has 2 rings (SSSR count). The van der Waals surface area contributed by atoms with Crippen LogP contribution in [0.5, 0.6) is 0 Å². The predicted octanol–water partition coefficient (Wildman–Crippen LogP) is 2.63. The number of nitrogens with one attached hydrogen (secondary N) is 1. The van der Waals surface area contributed by atoms with Gasteiger partial charge < -0.3 is 5.32 Å². The van der Waals surface area contributed by atoms with Crippen LogP contribution in [0.2, 0.25) is 0 Å². The summed E-state index contributed by atoms with van der Waals surface area (Å²) < 4.78 is 4.38. The molecule has 0 aromatic carbocycles. The maximum absolute atomic E-state index is 4.45. The molecule has 13 heavy (non-hydrogen) atoms. The van der Waals surface area contributed by atoms with Crippen molar-refractivity contribution < 1.29 is 0 Å². The Morgan fingerprint density at radius 2 is 2.08 bits per heavy atom. The Bertz CT molecular complexity index is 266. The van der Waals surface area contributed by atoms with E-state index in [1.54, 1.807) is 0 Å². The minimum absolute atomic E-state index is 0.632. The van der Waals surface area contributed by atoms with Crippen LogP contribution >= 0.6 is 11.5 Å². The average Bonchev–Trinajstić information content (AvgIpc) is 2.67. The van der Waals surface area contributed by atoms with Gasteiger partial charge in [0.15, 0.2) is 0 Å². The van der Waals surface area contributed by atoms with Crippen molar-refractivity contribution in [3.05, 3.63) is 5.82 Å². The van der Waals surface area contributed by atoms with Crippen molar-refractivity contribution in [1.29, 1.82) is 0 Å². The number of rotatable bonds is 2. The lowest BCUT2D eigenvalue weighted by Gasteiger charge is -2.18. The first-order chi connectivity index (χ1) is 6.40. The molecule has 1 fully saturated rings. The standard InChI is InChI=1S/C9H15N3S/c1-10-9-11-8(12-13-9)7-5-3-2-4-6-7/h7H,2-6H2,1H3,(H,10,11,12). The Kier molecular flexibility index (Phi) is 2.78. The molecule has 0 radical (unpaired) electrons. The highest BCUT2D eigenvalue weighted by Gasteiger charge is 2.19. The third kappa shape index (κ3) is 1.99. The number of aromatic nitrogens is 2. The van der Waals surface area contributed by atoms with Crippen LogP contribution in [0, 0.1) is 0 Å². The van der Waals surface area contributed by atoms with Crippen LogP contribution in [0.15, 0.2) is 0 Å². The second-order valence-corrected chi connectivity index (χ2v) is 4.29. The molecule has 4 heteroatoms. The number of hydrogen-bond donors (Lipinski definition) is 1. The summed E-state index contributed by atoms with van der Waals surface area (Å²) in [6.07, 6.45) is 6.64. The second kappa shape index (κ2) is 4.05. The van der Waals surface area contributed by atoms with Crippen LogP contribution in [0.25, 0.3) is 0 Å². The lowest BCUT2D eigenvalue weighted by Crippen LogP contribution is -2.06. The first-order valence-corrected chi connectivity index (χ1v) is 5.69. The normalized spacial score (nSPS) is 18.8. The van der Waals surface area contributed by atoms with E-state index in [2.05, 4.69) is 14.7 Å². The number of anilines is 1. The molecule has 3 nitrogen and oxygen atoms in total. The van der Waals surface area contributed by atoms with Crippen LogP contribution < -0.4 is 5.32 Å².